The second-order valence-corrected chi connectivity index (χ2v) is 7.46. The summed E-state index contributed by atoms with van der Waals surface area (Å²) < 4.78 is 11.4. The predicted molar refractivity (Wildman–Crippen MR) is 105 cm³/mol. The zero-order valence-electron chi connectivity index (χ0n) is 16.1. The van der Waals surface area contributed by atoms with Gasteiger partial charge in [0.25, 0.3) is 0 Å². The van der Waals surface area contributed by atoms with Crippen molar-refractivity contribution in [3.8, 4) is 0 Å². The molecule has 0 radical (unpaired) electrons. The number of likely N-dealkylation sites (tertiary alicyclic amines) is 1. The average molecular weight is 360 g/mol. The first-order chi connectivity index (χ1) is 12.8. The molecule has 0 amide bonds. The second-order valence-electron chi connectivity index (χ2n) is 7.46. The molecule has 0 saturated carbocycles. The molecule has 2 aliphatic rings. The van der Waals surface area contributed by atoms with Crippen molar-refractivity contribution < 1.29 is 9.47 Å². The number of benzene rings is 1. The van der Waals surface area contributed by atoms with Crippen molar-refractivity contribution in [3.63, 3.8) is 0 Å². The van der Waals surface area contributed by atoms with Crippen molar-refractivity contribution in [2.75, 3.05) is 46.0 Å². The van der Waals surface area contributed by atoms with E-state index in [9.17, 15) is 0 Å². The number of aliphatic imine (C=N–C) groups is 1. The van der Waals surface area contributed by atoms with Gasteiger partial charge in [-0.05, 0) is 38.2 Å². The molecule has 2 saturated heterocycles. The van der Waals surface area contributed by atoms with E-state index >= 15 is 0 Å². The molecule has 2 fully saturated rings. The zero-order chi connectivity index (χ0) is 18.1. The zero-order valence-corrected chi connectivity index (χ0v) is 16.1. The minimum absolute atomic E-state index is 0.376. The first-order valence-electron chi connectivity index (χ1n) is 10.0. The minimum atomic E-state index is 0.376. The monoisotopic (exact) mass is 359 g/mol. The van der Waals surface area contributed by atoms with Gasteiger partial charge in [-0.3, -0.25) is 4.99 Å². The molecule has 1 spiro atoms. The van der Waals surface area contributed by atoms with E-state index in [4.69, 9.17) is 14.5 Å². The van der Waals surface area contributed by atoms with Gasteiger partial charge in [-0.25, -0.2) is 0 Å². The third kappa shape index (κ3) is 5.45. The van der Waals surface area contributed by atoms with Crippen LogP contribution in [0.3, 0.4) is 0 Å². The predicted octanol–water partition coefficient (Wildman–Crippen LogP) is 3.06. The molecule has 1 atom stereocenters. The molecule has 1 unspecified atom stereocenters. The number of rotatable bonds is 8. The Balaban J connectivity index is 1.35. The van der Waals surface area contributed by atoms with Crippen LogP contribution < -0.4 is 5.32 Å². The Kier molecular flexibility index (Phi) is 7.32. The number of hydrogen-bond donors (Lipinski definition) is 1. The van der Waals surface area contributed by atoms with E-state index in [0.717, 1.165) is 64.8 Å². The van der Waals surface area contributed by atoms with Gasteiger partial charge in [0, 0.05) is 44.8 Å². The van der Waals surface area contributed by atoms with Gasteiger partial charge < -0.3 is 19.7 Å². The minimum Gasteiger partial charge on any atom is -0.381 e. The lowest BCUT2D eigenvalue weighted by molar-refractivity contribution is 0.117. The fraction of sp³-hybridized carbons (Fsp3) is 0.667. The molecule has 3 rings (SSSR count). The SMILES string of the molecule is CCNC(=NCCCCOCc1ccccc1)N1CCC2(CCOC2)C1. The van der Waals surface area contributed by atoms with E-state index in [1.165, 1.54) is 18.4 Å². The maximum Gasteiger partial charge on any atom is 0.193 e. The summed E-state index contributed by atoms with van der Waals surface area (Å²) in [5.41, 5.74) is 1.61. The number of nitrogens with one attached hydrogen (secondary N) is 1. The number of hydrogen-bond acceptors (Lipinski definition) is 3. The van der Waals surface area contributed by atoms with Crippen LogP contribution in [0.5, 0.6) is 0 Å². The maximum absolute atomic E-state index is 5.75. The van der Waals surface area contributed by atoms with Crippen molar-refractivity contribution >= 4 is 5.96 Å². The smallest absolute Gasteiger partial charge is 0.193 e. The normalized spacial score (nSPS) is 23.1. The molecule has 5 nitrogen and oxygen atoms in total. The first kappa shape index (κ1) is 19.2. The Hall–Kier alpha value is -1.59. The highest BCUT2D eigenvalue weighted by Gasteiger charge is 2.42. The highest BCUT2D eigenvalue weighted by molar-refractivity contribution is 5.80. The van der Waals surface area contributed by atoms with Crippen molar-refractivity contribution in [1.29, 1.82) is 0 Å². The molecule has 2 heterocycles. The fourth-order valence-electron chi connectivity index (χ4n) is 3.78. The molecule has 5 heteroatoms. The molecule has 1 aromatic carbocycles. The second kappa shape index (κ2) is 9.93. The maximum atomic E-state index is 5.75. The van der Waals surface area contributed by atoms with Crippen molar-refractivity contribution in [1.82, 2.24) is 10.2 Å². The summed E-state index contributed by atoms with van der Waals surface area (Å²) in [6, 6.07) is 10.3. The largest absolute Gasteiger partial charge is 0.381 e. The van der Waals surface area contributed by atoms with Crippen LogP contribution in [-0.2, 0) is 16.1 Å². The van der Waals surface area contributed by atoms with Gasteiger partial charge in [-0.2, -0.15) is 0 Å². The quantitative estimate of drug-likeness (QED) is 0.440. The summed E-state index contributed by atoms with van der Waals surface area (Å²) in [6.07, 6.45) is 4.53. The van der Waals surface area contributed by atoms with Crippen molar-refractivity contribution in [2.45, 2.75) is 39.2 Å². The van der Waals surface area contributed by atoms with E-state index in [1.807, 2.05) is 6.07 Å². The van der Waals surface area contributed by atoms with Gasteiger partial charge in [0.1, 0.15) is 0 Å². The van der Waals surface area contributed by atoms with Gasteiger partial charge in [-0.15, -0.1) is 0 Å². The molecular formula is C21H33N3O2. The Morgan fingerprint density at radius 3 is 2.92 bits per heavy atom. The third-order valence-electron chi connectivity index (χ3n) is 5.33. The highest BCUT2D eigenvalue weighted by Crippen LogP contribution is 2.38. The number of unbranched alkanes of at least 4 members (excludes halogenated alkanes) is 1. The number of guanidine groups is 1. The summed E-state index contributed by atoms with van der Waals surface area (Å²) in [5, 5.41) is 3.46. The fourth-order valence-corrected chi connectivity index (χ4v) is 3.78. The van der Waals surface area contributed by atoms with Gasteiger partial charge in [0.2, 0.25) is 0 Å². The number of ether oxygens (including phenoxy) is 2. The molecule has 0 bridgehead atoms. The first-order valence-corrected chi connectivity index (χ1v) is 10.0. The lowest BCUT2D eigenvalue weighted by atomic mass is 9.87. The summed E-state index contributed by atoms with van der Waals surface area (Å²) in [5.74, 6) is 1.07. The highest BCUT2D eigenvalue weighted by atomic mass is 16.5. The van der Waals surface area contributed by atoms with Crippen LogP contribution in [0.4, 0.5) is 0 Å². The lowest BCUT2D eigenvalue weighted by Crippen LogP contribution is -2.41. The van der Waals surface area contributed by atoms with Crippen LogP contribution in [0.1, 0.15) is 38.2 Å². The number of nitrogens with zero attached hydrogens (tertiary/aromatic N) is 2. The van der Waals surface area contributed by atoms with Gasteiger partial charge in [0.15, 0.2) is 5.96 Å². The molecule has 0 aliphatic carbocycles. The van der Waals surface area contributed by atoms with E-state index < -0.39 is 0 Å². The molecule has 1 N–H and O–H groups in total. The summed E-state index contributed by atoms with van der Waals surface area (Å²) in [7, 11) is 0. The van der Waals surface area contributed by atoms with Gasteiger partial charge in [0.05, 0.1) is 13.2 Å². The van der Waals surface area contributed by atoms with E-state index in [-0.39, 0.29) is 0 Å². The Morgan fingerprint density at radius 1 is 1.27 bits per heavy atom. The van der Waals surface area contributed by atoms with Crippen LogP contribution >= 0.6 is 0 Å². The van der Waals surface area contributed by atoms with Crippen molar-refractivity contribution in [3.05, 3.63) is 35.9 Å². The van der Waals surface area contributed by atoms with E-state index in [1.54, 1.807) is 0 Å². The summed E-state index contributed by atoms with van der Waals surface area (Å²) >= 11 is 0. The molecule has 1 aromatic rings. The van der Waals surface area contributed by atoms with Gasteiger partial charge in [-0.1, -0.05) is 30.3 Å². The summed E-state index contributed by atoms with van der Waals surface area (Å²) in [4.78, 5) is 7.26. The van der Waals surface area contributed by atoms with Crippen LogP contribution in [-0.4, -0.2) is 56.9 Å². The topological polar surface area (TPSA) is 46.1 Å². The Labute approximate surface area is 157 Å². The van der Waals surface area contributed by atoms with Crippen molar-refractivity contribution in [2.24, 2.45) is 10.4 Å². The molecular weight excluding hydrogens is 326 g/mol. The Morgan fingerprint density at radius 2 is 2.15 bits per heavy atom. The summed E-state index contributed by atoms with van der Waals surface area (Å²) in [6.45, 7) is 9.42. The molecule has 26 heavy (non-hydrogen) atoms. The molecule has 2 aliphatic heterocycles. The van der Waals surface area contributed by atoms with Crippen LogP contribution in [0.2, 0.25) is 0 Å². The van der Waals surface area contributed by atoms with Crippen LogP contribution in [0.25, 0.3) is 0 Å². The van der Waals surface area contributed by atoms with Crippen LogP contribution in [0, 0.1) is 5.41 Å². The Bertz CT molecular complexity index is 556. The molecule has 0 aromatic heterocycles. The standard InChI is InChI=1S/C21H33N3O2/c1-2-22-20(24-13-10-21(17-24)11-15-26-18-21)23-12-6-7-14-25-16-19-8-4-3-5-9-19/h3-5,8-9H,2,6-7,10-18H2,1H3,(H,22,23). The van der Waals surface area contributed by atoms with E-state index in [0.29, 0.717) is 12.0 Å². The molecule has 144 valence electrons. The van der Waals surface area contributed by atoms with Crippen LogP contribution in [0.15, 0.2) is 35.3 Å². The third-order valence-corrected chi connectivity index (χ3v) is 5.33. The lowest BCUT2D eigenvalue weighted by Gasteiger charge is -2.25. The van der Waals surface area contributed by atoms with E-state index in [2.05, 4.69) is 41.4 Å². The van der Waals surface area contributed by atoms with Gasteiger partial charge >= 0.3 is 0 Å². The average Bonchev–Trinajstić information content (AvgIpc) is 3.31.